The van der Waals surface area contributed by atoms with Crippen molar-refractivity contribution in [2.45, 2.75) is 39.5 Å². The highest BCUT2D eigenvalue weighted by Crippen LogP contribution is 2.25. The van der Waals surface area contributed by atoms with E-state index in [1.165, 1.54) is 0 Å². The van der Waals surface area contributed by atoms with Gasteiger partial charge in [-0.2, -0.15) is 4.31 Å². The summed E-state index contributed by atoms with van der Waals surface area (Å²) in [6.45, 7) is 11.9. The Kier molecular flexibility index (Phi) is 6.68. The maximum atomic E-state index is 13.0. The Hall–Kier alpha value is -1.07. The molecule has 1 N–H and O–H groups in total. The zero-order valence-corrected chi connectivity index (χ0v) is 14.6. The van der Waals surface area contributed by atoms with E-state index in [4.69, 9.17) is 0 Å². The molecule has 0 unspecified atom stereocenters. The predicted molar refractivity (Wildman–Crippen MR) is 89.0 cm³/mol. The molecule has 0 spiro atoms. The van der Waals surface area contributed by atoms with Crippen LogP contribution in [0, 0.1) is 11.8 Å². The summed E-state index contributed by atoms with van der Waals surface area (Å²) in [4.78, 5) is 0.369. The van der Waals surface area contributed by atoms with Crippen LogP contribution in [-0.2, 0) is 10.0 Å². The Morgan fingerprint density at radius 2 is 1.57 bits per heavy atom. The van der Waals surface area contributed by atoms with Crippen LogP contribution in [-0.4, -0.2) is 32.4 Å². The summed E-state index contributed by atoms with van der Waals surface area (Å²) in [7, 11) is -3.47. The second-order valence-corrected chi connectivity index (χ2v) is 8.04. The summed E-state index contributed by atoms with van der Waals surface area (Å²) in [5.74, 6) is 0.592. The Balaban J connectivity index is 3.21. The Morgan fingerprint density at radius 1 is 1.05 bits per heavy atom. The van der Waals surface area contributed by atoms with Crippen LogP contribution >= 0.6 is 0 Å². The minimum absolute atomic E-state index is 0.296. The summed E-state index contributed by atoms with van der Waals surface area (Å²) in [6, 6.07) is 7.13. The number of rotatable bonds is 8. The highest BCUT2D eigenvalue weighted by molar-refractivity contribution is 7.89. The van der Waals surface area contributed by atoms with E-state index in [1.807, 2.05) is 46.8 Å². The molecule has 0 heterocycles. The van der Waals surface area contributed by atoms with Crippen molar-refractivity contribution in [3.8, 4) is 0 Å². The normalized spacial score (nSPS) is 12.4. The molecule has 120 valence electrons. The number of anilines is 1. The van der Waals surface area contributed by atoms with Crippen molar-refractivity contribution >= 4 is 15.7 Å². The Morgan fingerprint density at radius 3 is 2.05 bits per heavy atom. The summed E-state index contributed by atoms with van der Waals surface area (Å²) < 4.78 is 27.6. The maximum Gasteiger partial charge on any atom is 0.245 e. The third-order valence-electron chi connectivity index (χ3n) is 3.01. The molecule has 0 saturated heterocycles. The molecule has 0 aliphatic carbocycles. The molecular weight excluding hydrogens is 284 g/mol. The molecule has 1 rings (SSSR count). The zero-order valence-electron chi connectivity index (χ0n) is 13.8. The molecule has 5 heteroatoms. The minimum Gasteiger partial charge on any atom is -0.384 e. The predicted octanol–water partition coefficient (Wildman–Crippen LogP) is 3.42. The molecule has 0 bridgehead atoms. The molecule has 0 amide bonds. The molecular formula is C16H28N2O2S. The number of para-hydroxylation sites is 1. The van der Waals surface area contributed by atoms with Crippen LogP contribution < -0.4 is 5.32 Å². The second-order valence-electron chi connectivity index (χ2n) is 6.14. The molecule has 1 aromatic carbocycles. The van der Waals surface area contributed by atoms with Gasteiger partial charge in [0.05, 0.1) is 5.69 Å². The molecule has 0 aliphatic rings. The SMILES string of the molecule is CCNc1ccccc1S(=O)(=O)N(CC(C)C)CC(C)C. The van der Waals surface area contributed by atoms with Gasteiger partial charge in [-0.25, -0.2) is 8.42 Å². The highest BCUT2D eigenvalue weighted by Gasteiger charge is 2.27. The third-order valence-corrected chi connectivity index (χ3v) is 4.90. The van der Waals surface area contributed by atoms with Crippen LogP contribution in [0.4, 0.5) is 5.69 Å². The van der Waals surface area contributed by atoms with Crippen LogP contribution in [0.1, 0.15) is 34.6 Å². The zero-order chi connectivity index (χ0) is 16.0. The molecule has 4 nitrogen and oxygen atoms in total. The van der Waals surface area contributed by atoms with Gasteiger partial charge in [-0.15, -0.1) is 0 Å². The molecule has 1 aromatic rings. The fraction of sp³-hybridized carbons (Fsp3) is 0.625. The van der Waals surface area contributed by atoms with Crippen molar-refractivity contribution in [1.29, 1.82) is 0 Å². The fourth-order valence-corrected chi connectivity index (χ4v) is 4.19. The standard InChI is InChI=1S/C16H28N2O2S/c1-6-17-15-9-7-8-10-16(15)21(19,20)18(11-13(2)3)12-14(4)5/h7-10,13-14,17H,6,11-12H2,1-5H3. The third kappa shape index (κ3) is 5.00. The average Bonchev–Trinajstić information content (AvgIpc) is 2.37. The molecule has 0 saturated carbocycles. The van der Waals surface area contributed by atoms with Gasteiger partial charge in [-0.3, -0.25) is 0 Å². The Bertz CT molecular complexity index is 529. The fourth-order valence-electron chi connectivity index (χ4n) is 2.25. The average molecular weight is 312 g/mol. The van der Waals surface area contributed by atoms with Gasteiger partial charge in [0.15, 0.2) is 0 Å². The molecule has 0 atom stereocenters. The molecule has 0 fully saturated rings. The summed E-state index contributed by atoms with van der Waals surface area (Å²) in [6.07, 6.45) is 0. The van der Waals surface area contributed by atoms with Crippen molar-refractivity contribution < 1.29 is 8.42 Å². The maximum absolute atomic E-state index is 13.0. The van der Waals surface area contributed by atoms with Crippen molar-refractivity contribution in [1.82, 2.24) is 4.31 Å². The van der Waals surface area contributed by atoms with Gasteiger partial charge in [0, 0.05) is 19.6 Å². The number of hydrogen-bond acceptors (Lipinski definition) is 3. The van der Waals surface area contributed by atoms with E-state index >= 15 is 0 Å². The molecule has 0 aliphatic heterocycles. The Labute approximate surface area is 129 Å². The lowest BCUT2D eigenvalue weighted by molar-refractivity contribution is 0.333. The van der Waals surface area contributed by atoms with Crippen molar-refractivity contribution in [2.75, 3.05) is 25.0 Å². The van der Waals surface area contributed by atoms with E-state index in [0.717, 1.165) is 0 Å². The van der Waals surface area contributed by atoms with Gasteiger partial charge < -0.3 is 5.32 Å². The number of hydrogen-bond donors (Lipinski definition) is 1. The second kappa shape index (κ2) is 7.80. The van der Waals surface area contributed by atoms with Crippen LogP contribution in [0.3, 0.4) is 0 Å². The number of sulfonamides is 1. The largest absolute Gasteiger partial charge is 0.384 e. The molecule has 21 heavy (non-hydrogen) atoms. The summed E-state index contributed by atoms with van der Waals surface area (Å²) in [5, 5.41) is 3.14. The van der Waals surface area contributed by atoms with E-state index in [-0.39, 0.29) is 0 Å². The van der Waals surface area contributed by atoms with Crippen molar-refractivity contribution in [3.63, 3.8) is 0 Å². The van der Waals surface area contributed by atoms with Crippen LogP contribution in [0.2, 0.25) is 0 Å². The van der Waals surface area contributed by atoms with E-state index < -0.39 is 10.0 Å². The van der Waals surface area contributed by atoms with Crippen molar-refractivity contribution in [3.05, 3.63) is 24.3 Å². The van der Waals surface area contributed by atoms with E-state index in [2.05, 4.69) is 5.32 Å². The quantitative estimate of drug-likeness (QED) is 0.800. The molecule has 0 radical (unpaired) electrons. The number of nitrogens with one attached hydrogen (secondary N) is 1. The number of benzene rings is 1. The first-order valence-electron chi connectivity index (χ1n) is 7.62. The van der Waals surface area contributed by atoms with Gasteiger partial charge >= 0.3 is 0 Å². The first-order chi connectivity index (χ1) is 9.78. The summed E-state index contributed by atoms with van der Waals surface area (Å²) in [5.41, 5.74) is 0.678. The lowest BCUT2D eigenvalue weighted by Crippen LogP contribution is -2.37. The number of nitrogens with zero attached hydrogens (tertiary/aromatic N) is 1. The van der Waals surface area contributed by atoms with Crippen LogP contribution in [0.15, 0.2) is 29.2 Å². The van der Waals surface area contributed by atoms with Crippen LogP contribution in [0.5, 0.6) is 0 Å². The summed E-state index contributed by atoms with van der Waals surface area (Å²) >= 11 is 0. The molecule has 0 aromatic heterocycles. The van der Waals surface area contributed by atoms with Gasteiger partial charge in [0.25, 0.3) is 0 Å². The van der Waals surface area contributed by atoms with Crippen LogP contribution in [0.25, 0.3) is 0 Å². The smallest absolute Gasteiger partial charge is 0.245 e. The van der Waals surface area contributed by atoms with Gasteiger partial charge in [0.2, 0.25) is 10.0 Å². The van der Waals surface area contributed by atoms with Gasteiger partial charge in [0.1, 0.15) is 4.90 Å². The lowest BCUT2D eigenvalue weighted by Gasteiger charge is -2.26. The highest BCUT2D eigenvalue weighted by atomic mass is 32.2. The first-order valence-corrected chi connectivity index (χ1v) is 9.06. The monoisotopic (exact) mass is 312 g/mol. The van der Waals surface area contributed by atoms with E-state index in [9.17, 15) is 8.42 Å². The topological polar surface area (TPSA) is 49.4 Å². The minimum atomic E-state index is -3.47. The van der Waals surface area contributed by atoms with Gasteiger partial charge in [-0.1, -0.05) is 39.8 Å². The van der Waals surface area contributed by atoms with Crippen molar-refractivity contribution in [2.24, 2.45) is 11.8 Å². The van der Waals surface area contributed by atoms with Gasteiger partial charge in [-0.05, 0) is 30.9 Å². The first kappa shape index (κ1) is 18.0. The lowest BCUT2D eigenvalue weighted by atomic mass is 10.2. The van der Waals surface area contributed by atoms with E-state index in [0.29, 0.717) is 42.1 Å². The van der Waals surface area contributed by atoms with E-state index in [1.54, 1.807) is 16.4 Å².